The van der Waals surface area contributed by atoms with E-state index in [9.17, 15) is 9.90 Å². The number of methoxy groups -OCH3 is 1. The molecule has 0 aromatic heterocycles. The molecule has 0 heterocycles. The molecule has 23 heavy (non-hydrogen) atoms. The molecule has 0 bridgehead atoms. The summed E-state index contributed by atoms with van der Waals surface area (Å²) < 4.78 is 14.0. The van der Waals surface area contributed by atoms with Crippen molar-refractivity contribution in [2.24, 2.45) is 0 Å². The predicted octanol–water partition coefficient (Wildman–Crippen LogP) is 5.32. The van der Waals surface area contributed by atoms with E-state index in [0.29, 0.717) is 5.75 Å². The highest BCUT2D eigenvalue weighted by atomic mass is 127. The molecule has 2 aromatic rings. The normalized spacial score (nSPS) is 10.5. The highest BCUT2D eigenvalue weighted by Gasteiger charge is 2.14. The van der Waals surface area contributed by atoms with Crippen LogP contribution in [0, 0.1) is 14.3 Å². The van der Waals surface area contributed by atoms with Crippen LogP contribution in [0.2, 0.25) is 0 Å². The zero-order valence-corrected chi connectivity index (χ0v) is 20.3. The summed E-state index contributed by atoms with van der Waals surface area (Å²) in [6, 6.07) is 7.38. The molecule has 0 radical (unpaired) electrons. The fourth-order valence-electron chi connectivity index (χ4n) is 1.77. The minimum atomic E-state index is -0.270. The molecule has 0 atom stereocenters. The summed E-state index contributed by atoms with van der Waals surface area (Å²) in [5.74, 6) is 1.38. The van der Waals surface area contributed by atoms with Crippen molar-refractivity contribution in [3.05, 3.63) is 44.1 Å². The topological polar surface area (TPSA) is 55.8 Å². The second kappa shape index (κ2) is 8.69. The van der Waals surface area contributed by atoms with Gasteiger partial charge in [0.2, 0.25) is 0 Å². The second-order valence-corrected chi connectivity index (χ2v) is 9.13. The van der Waals surface area contributed by atoms with E-state index in [1.54, 1.807) is 12.1 Å². The van der Waals surface area contributed by atoms with Crippen LogP contribution >= 0.6 is 90.4 Å². The fourth-order valence-corrected chi connectivity index (χ4v) is 5.60. The third-order valence-corrected chi connectivity index (χ3v) is 6.09. The van der Waals surface area contributed by atoms with Crippen LogP contribution in [-0.2, 0) is 16.0 Å². The Kier molecular flexibility index (Phi) is 7.46. The average molecular weight is 762 g/mol. The molecule has 4 nitrogen and oxygen atoms in total. The van der Waals surface area contributed by atoms with Gasteiger partial charge in [0, 0.05) is 0 Å². The summed E-state index contributed by atoms with van der Waals surface area (Å²) in [5.41, 5.74) is 0.882. The molecule has 1 N–H and O–H groups in total. The first kappa shape index (κ1) is 19.8. The maximum Gasteiger partial charge on any atom is 0.309 e. The van der Waals surface area contributed by atoms with Crippen molar-refractivity contribution < 1.29 is 19.4 Å². The van der Waals surface area contributed by atoms with Crippen molar-refractivity contribution in [3.63, 3.8) is 0 Å². The number of carbonyl (C=O) groups is 1. The van der Waals surface area contributed by atoms with Crippen LogP contribution in [0.5, 0.6) is 17.2 Å². The maximum atomic E-state index is 11.4. The summed E-state index contributed by atoms with van der Waals surface area (Å²) in [6.07, 6.45) is 0.234. The Morgan fingerprint density at radius 3 is 2.00 bits per heavy atom. The number of hydrogen-bond acceptors (Lipinski definition) is 4. The van der Waals surface area contributed by atoms with Crippen molar-refractivity contribution >= 4 is 96.3 Å². The number of phenolic OH excluding ortho intramolecular Hbond substituents is 1. The summed E-state index contributed by atoms with van der Waals surface area (Å²) in [5, 5.41) is 9.83. The first-order chi connectivity index (χ1) is 10.8. The lowest BCUT2D eigenvalue weighted by Gasteiger charge is -2.13. The lowest BCUT2D eigenvalue weighted by molar-refractivity contribution is -0.139. The van der Waals surface area contributed by atoms with Crippen molar-refractivity contribution in [2.45, 2.75) is 6.42 Å². The number of ether oxygens (including phenoxy) is 2. The number of esters is 1. The van der Waals surface area contributed by atoms with E-state index in [-0.39, 0.29) is 18.1 Å². The van der Waals surface area contributed by atoms with Gasteiger partial charge in [0.05, 0.1) is 27.8 Å². The van der Waals surface area contributed by atoms with Gasteiger partial charge in [0.15, 0.2) is 5.75 Å². The van der Waals surface area contributed by atoms with Gasteiger partial charge in [0.25, 0.3) is 0 Å². The fraction of sp³-hybridized carbons (Fsp3) is 0.133. The largest absolute Gasteiger partial charge is 0.506 e. The Bertz CT molecular complexity index is 715. The monoisotopic (exact) mass is 762 g/mol. The molecule has 2 rings (SSSR count). The molecule has 0 aliphatic carbocycles. The van der Waals surface area contributed by atoms with E-state index in [4.69, 9.17) is 9.47 Å². The van der Waals surface area contributed by atoms with Gasteiger partial charge in [-0.3, -0.25) is 4.79 Å². The van der Waals surface area contributed by atoms with E-state index in [2.05, 4.69) is 90.4 Å². The number of benzene rings is 2. The Morgan fingerprint density at radius 1 is 1.00 bits per heavy atom. The number of halogens is 4. The van der Waals surface area contributed by atoms with Crippen LogP contribution in [0.3, 0.4) is 0 Å². The van der Waals surface area contributed by atoms with Gasteiger partial charge in [-0.1, -0.05) is 0 Å². The van der Waals surface area contributed by atoms with Gasteiger partial charge in [-0.15, -0.1) is 0 Å². The zero-order chi connectivity index (χ0) is 17.1. The van der Waals surface area contributed by atoms with Crippen LogP contribution < -0.4 is 4.74 Å². The molecular weight excluding hydrogens is 752 g/mol. The van der Waals surface area contributed by atoms with Gasteiger partial charge >= 0.3 is 5.97 Å². The average Bonchev–Trinajstić information content (AvgIpc) is 2.48. The smallest absolute Gasteiger partial charge is 0.309 e. The third kappa shape index (κ3) is 5.20. The van der Waals surface area contributed by atoms with Crippen LogP contribution in [0.15, 0.2) is 24.3 Å². The molecule has 0 unspecified atom stereocenters. The van der Waals surface area contributed by atoms with Gasteiger partial charge in [0.1, 0.15) is 11.5 Å². The van der Waals surface area contributed by atoms with E-state index in [1.165, 1.54) is 7.11 Å². The first-order valence-electron chi connectivity index (χ1n) is 6.22. The third-order valence-electron chi connectivity index (χ3n) is 2.84. The predicted molar refractivity (Wildman–Crippen MR) is 121 cm³/mol. The molecule has 0 amide bonds. The van der Waals surface area contributed by atoms with Gasteiger partial charge in [-0.05, 0) is 120 Å². The molecule has 122 valence electrons. The standard InChI is InChI=1S/C15H10I4O4/c1-22-13(20)4-7-2-11(18)15(12(19)3-7)23-8-5-9(16)14(21)10(17)6-8/h2-3,5-6,21H,4H2,1H3. The number of aromatic hydroxyl groups is 1. The van der Waals surface area contributed by atoms with Gasteiger partial charge in [-0.25, -0.2) is 0 Å². The number of carbonyl (C=O) groups excluding carboxylic acids is 1. The Labute approximate surface area is 188 Å². The maximum absolute atomic E-state index is 11.4. The minimum absolute atomic E-state index is 0.234. The van der Waals surface area contributed by atoms with Gasteiger partial charge in [-0.2, -0.15) is 0 Å². The summed E-state index contributed by atoms with van der Waals surface area (Å²) in [7, 11) is 1.38. The van der Waals surface area contributed by atoms with E-state index in [1.807, 2.05) is 12.1 Å². The molecule has 0 aliphatic heterocycles. The van der Waals surface area contributed by atoms with Crippen molar-refractivity contribution in [3.8, 4) is 17.2 Å². The quantitative estimate of drug-likeness (QED) is 0.339. The van der Waals surface area contributed by atoms with Crippen LogP contribution in [0.4, 0.5) is 0 Å². The highest BCUT2D eigenvalue weighted by molar-refractivity contribution is 14.1. The molecule has 8 heteroatoms. The van der Waals surface area contributed by atoms with E-state index in [0.717, 1.165) is 25.6 Å². The number of hydrogen-bond donors (Lipinski definition) is 1. The lowest BCUT2D eigenvalue weighted by atomic mass is 10.1. The number of phenols is 1. The van der Waals surface area contributed by atoms with Crippen LogP contribution in [-0.4, -0.2) is 18.2 Å². The summed E-state index contributed by atoms with van der Waals surface area (Å²) in [4.78, 5) is 11.4. The lowest BCUT2D eigenvalue weighted by Crippen LogP contribution is -2.05. The molecule has 0 fully saturated rings. The van der Waals surface area contributed by atoms with E-state index < -0.39 is 0 Å². The second-order valence-electron chi connectivity index (χ2n) is 4.48. The minimum Gasteiger partial charge on any atom is -0.506 e. The van der Waals surface area contributed by atoms with Crippen molar-refractivity contribution in [2.75, 3.05) is 7.11 Å². The Morgan fingerprint density at radius 2 is 1.52 bits per heavy atom. The molecule has 0 spiro atoms. The first-order valence-corrected chi connectivity index (χ1v) is 10.5. The van der Waals surface area contributed by atoms with Crippen LogP contribution in [0.25, 0.3) is 0 Å². The van der Waals surface area contributed by atoms with E-state index >= 15 is 0 Å². The number of rotatable bonds is 4. The molecule has 0 saturated heterocycles. The Hall–Kier alpha value is 0.430. The summed E-state index contributed by atoms with van der Waals surface area (Å²) >= 11 is 8.51. The van der Waals surface area contributed by atoms with Crippen LogP contribution in [0.1, 0.15) is 5.56 Å². The SMILES string of the molecule is COC(=O)Cc1cc(I)c(Oc2cc(I)c(O)c(I)c2)c(I)c1. The van der Waals surface area contributed by atoms with Gasteiger partial charge < -0.3 is 14.6 Å². The van der Waals surface area contributed by atoms with Crippen molar-refractivity contribution in [1.82, 2.24) is 0 Å². The molecular formula is C15H10I4O4. The molecule has 0 aliphatic rings. The van der Waals surface area contributed by atoms with Crippen molar-refractivity contribution in [1.29, 1.82) is 0 Å². The molecule has 2 aromatic carbocycles. The zero-order valence-electron chi connectivity index (χ0n) is 11.7. The summed E-state index contributed by atoms with van der Waals surface area (Å²) in [6.45, 7) is 0. The Balaban J connectivity index is 2.32. The highest BCUT2D eigenvalue weighted by Crippen LogP contribution is 2.36. The molecule has 0 saturated carbocycles.